The van der Waals surface area contributed by atoms with Crippen molar-refractivity contribution >= 4 is 45.2 Å². The summed E-state index contributed by atoms with van der Waals surface area (Å²) in [7, 11) is 0. The van der Waals surface area contributed by atoms with Gasteiger partial charge in [0.15, 0.2) is 4.34 Å². The second-order valence-electron chi connectivity index (χ2n) is 5.77. The molecule has 1 atom stereocenters. The van der Waals surface area contributed by atoms with Crippen molar-refractivity contribution in [3.63, 3.8) is 0 Å². The van der Waals surface area contributed by atoms with E-state index in [1.165, 1.54) is 31.2 Å². The van der Waals surface area contributed by atoms with Crippen LogP contribution < -0.4 is 5.32 Å². The first-order valence-corrected chi connectivity index (χ1v) is 10.1. The van der Waals surface area contributed by atoms with Crippen molar-refractivity contribution in [3.05, 3.63) is 60.2 Å². The zero-order chi connectivity index (χ0) is 21.1. The Hall–Kier alpha value is -2.59. The van der Waals surface area contributed by atoms with Crippen LogP contribution in [0.15, 0.2) is 58.9 Å². The number of rotatable bonds is 6. The van der Waals surface area contributed by atoms with Gasteiger partial charge in [-0.3, -0.25) is 4.79 Å². The highest BCUT2D eigenvalue weighted by atomic mass is 32.2. The maximum Gasteiger partial charge on any atom is 0.432 e. The molecule has 0 aliphatic heterocycles. The van der Waals surface area contributed by atoms with Gasteiger partial charge in [0, 0.05) is 5.56 Å². The summed E-state index contributed by atoms with van der Waals surface area (Å²) < 4.78 is 48.0. The molecule has 10 heteroatoms. The van der Waals surface area contributed by atoms with Crippen molar-refractivity contribution in [2.45, 2.75) is 22.3 Å². The lowest BCUT2D eigenvalue weighted by Gasteiger charge is -2.32. The lowest BCUT2D eigenvalue weighted by molar-refractivity contribution is -0.190. The molecule has 3 aromatic rings. The second-order valence-corrected chi connectivity index (χ2v) is 8.26. The number of para-hydroxylation sites is 1. The third-order valence-electron chi connectivity index (χ3n) is 3.80. The molecule has 1 amide bonds. The number of nitrogens with zero attached hydrogens (tertiary/aromatic N) is 1. The Morgan fingerprint density at radius 3 is 2.38 bits per heavy atom. The van der Waals surface area contributed by atoms with E-state index in [1.54, 1.807) is 30.3 Å². The summed E-state index contributed by atoms with van der Waals surface area (Å²) in [6.07, 6.45) is -5.15. The first-order chi connectivity index (χ1) is 13.8. The Morgan fingerprint density at radius 1 is 1.10 bits per heavy atom. The minimum Gasteiger partial charge on any atom is -0.463 e. The van der Waals surface area contributed by atoms with E-state index in [4.69, 9.17) is 4.74 Å². The van der Waals surface area contributed by atoms with Crippen molar-refractivity contribution in [3.8, 4) is 0 Å². The van der Waals surface area contributed by atoms with Crippen LogP contribution in [0, 0.1) is 0 Å². The van der Waals surface area contributed by atoms with E-state index in [1.807, 2.05) is 5.32 Å². The number of thioether (sulfide) groups is 1. The quantitative estimate of drug-likeness (QED) is 0.344. The molecule has 2 aromatic carbocycles. The average Bonchev–Trinajstić information content (AvgIpc) is 3.09. The number of benzene rings is 2. The number of halogens is 3. The van der Waals surface area contributed by atoms with Crippen molar-refractivity contribution in [1.29, 1.82) is 0 Å². The predicted molar refractivity (Wildman–Crippen MR) is 105 cm³/mol. The fourth-order valence-corrected chi connectivity index (χ4v) is 4.76. The number of hydrogen-bond donors (Lipinski definition) is 1. The third-order valence-corrected chi connectivity index (χ3v) is 6.21. The Kier molecular flexibility index (Phi) is 6.13. The number of aromatic nitrogens is 1. The van der Waals surface area contributed by atoms with Crippen LogP contribution in [0.5, 0.6) is 0 Å². The molecule has 0 bridgehead atoms. The van der Waals surface area contributed by atoms with Crippen LogP contribution >= 0.6 is 23.1 Å². The first kappa shape index (κ1) is 21.1. The van der Waals surface area contributed by atoms with Gasteiger partial charge in [-0.1, -0.05) is 30.3 Å². The third kappa shape index (κ3) is 4.38. The molecule has 0 saturated carbocycles. The number of alkyl halides is 3. The molecule has 1 aromatic heterocycles. The van der Waals surface area contributed by atoms with Gasteiger partial charge >= 0.3 is 12.1 Å². The Bertz CT molecular complexity index is 991. The van der Waals surface area contributed by atoms with Crippen LogP contribution in [0.25, 0.3) is 10.2 Å². The van der Waals surface area contributed by atoms with Crippen molar-refractivity contribution in [2.75, 3.05) is 6.61 Å². The van der Waals surface area contributed by atoms with Crippen molar-refractivity contribution in [2.24, 2.45) is 0 Å². The summed E-state index contributed by atoms with van der Waals surface area (Å²) in [6.45, 7) is 1.11. The maximum atomic E-state index is 14.2. The van der Waals surface area contributed by atoms with E-state index < -0.39 is 22.9 Å². The monoisotopic (exact) mass is 440 g/mol. The van der Waals surface area contributed by atoms with Crippen LogP contribution in [0.2, 0.25) is 0 Å². The van der Waals surface area contributed by atoms with Gasteiger partial charge in [0.25, 0.3) is 10.8 Å². The molecule has 0 aliphatic rings. The van der Waals surface area contributed by atoms with E-state index in [2.05, 4.69) is 4.98 Å². The highest BCUT2D eigenvalue weighted by Gasteiger charge is 2.64. The number of ether oxygens (including phenoxy) is 1. The van der Waals surface area contributed by atoms with Gasteiger partial charge in [0.05, 0.1) is 16.8 Å². The SMILES string of the molecule is CCOC(=O)C(NC(=O)c1ccccc1)(Sc1nc2ccccc2s1)C(F)(F)F. The van der Waals surface area contributed by atoms with E-state index in [-0.39, 0.29) is 28.3 Å². The molecule has 0 fully saturated rings. The molecule has 1 N–H and O–H groups in total. The van der Waals surface area contributed by atoms with Crippen LogP contribution in [-0.4, -0.2) is 34.5 Å². The van der Waals surface area contributed by atoms with Gasteiger partial charge in [0.1, 0.15) is 0 Å². The van der Waals surface area contributed by atoms with E-state index in [0.29, 0.717) is 10.2 Å². The number of esters is 1. The molecule has 0 radical (unpaired) electrons. The molecular weight excluding hydrogens is 425 g/mol. The number of carbonyl (C=O) groups excluding carboxylic acids is 2. The maximum absolute atomic E-state index is 14.2. The number of amides is 1. The molecule has 29 heavy (non-hydrogen) atoms. The zero-order valence-corrected chi connectivity index (χ0v) is 16.7. The number of fused-ring (bicyclic) bond motifs is 1. The molecule has 5 nitrogen and oxygen atoms in total. The van der Waals surface area contributed by atoms with E-state index >= 15 is 0 Å². The second kappa shape index (κ2) is 8.42. The largest absolute Gasteiger partial charge is 0.463 e. The number of hydrogen-bond acceptors (Lipinski definition) is 6. The standard InChI is InChI=1S/C19H15F3N2O3S2/c1-2-27-16(26)18(19(20,21)22,24-15(25)12-8-4-3-5-9-12)29-17-23-13-10-6-7-11-14(13)28-17/h3-11H,2H2,1H3,(H,24,25). The molecule has 0 aliphatic carbocycles. The van der Waals surface area contributed by atoms with Crippen molar-refractivity contribution in [1.82, 2.24) is 10.3 Å². The minimum atomic E-state index is -5.15. The van der Waals surface area contributed by atoms with Crippen LogP contribution in [0.3, 0.4) is 0 Å². The van der Waals surface area contributed by atoms with Gasteiger partial charge in [-0.25, -0.2) is 9.78 Å². The minimum absolute atomic E-state index is 0.0182. The normalized spacial score (nSPS) is 13.7. The smallest absolute Gasteiger partial charge is 0.432 e. The zero-order valence-electron chi connectivity index (χ0n) is 15.0. The molecule has 152 valence electrons. The highest BCUT2D eigenvalue weighted by molar-refractivity contribution is 8.03. The van der Waals surface area contributed by atoms with Gasteiger partial charge in [-0.15, -0.1) is 11.3 Å². The number of nitrogens with one attached hydrogen (secondary N) is 1. The Labute approximate surface area is 172 Å². The van der Waals surface area contributed by atoms with Gasteiger partial charge in [-0.05, 0) is 43.0 Å². The first-order valence-electron chi connectivity index (χ1n) is 8.43. The van der Waals surface area contributed by atoms with Gasteiger partial charge in [0.2, 0.25) is 0 Å². The predicted octanol–water partition coefficient (Wildman–Crippen LogP) is 4.64. The summed E-state index contributed by atoms with van der Waals surface area (Å²) in [5, 5.41) is 1.86. The fraction of sp³-hybridized carbons (Fsp3) is 0.211. The summed E-state index contributed by atoms with van der Waals surface area (Å²) in [5.41, 5.74) is 0.477. The van der Waals surface area contributed by atoms with Gasteiger partial charge < -0.3 is 10.1 Å². The fourth-order valence-electron chi connectivity index (χ4n) is 2.44. The van der Waals surface area contributed by atoms with Crippen LogP contribution in [0.1, 0.15) is 17.3 Å². The van der Waals surface area contributed by atoms with Crippen molar-refractivity contribution < 1.29 is 27.5 Å². The average molecular weight is 440 g/mol. The molecule has 1 unspecified atom stereocenters. The molecule has 1 heterocycles. The molecule has 0 spiro atoms. The topological polar surface area (TPSA) is 68.3 Å². The Morgan fingerprint density at radius 2 is 1.76 bits per heavy atom. The summed E-state index contributed by atoms with van der Waals surface area (Å²) in [4.78, 5) is 25.8. The summed E-state index contributed by atoms with van der Waals surface area (Å²) >= 11 is 1.11. The number of thiazole rings is 1. The summed E-state index contributed by atoms with van der Waals surface area (Å²) in [5.74, 6) is -2.66. The molecule has 0 saturated heterocycles. The lowest BCUT2D eigenvalue weighted by atomic mass is 10.2. The van der Waals surface area contributed by atoms with E-state index in [9.17, 15) is 22.8 Å². The lowest BCUT2D eigenvalue weighted by Crippen LogP contribution is -2.62. The van der Waals surface area contributed by atoms with Gasteiger partial charge in [-0.2, -0.15) is 13.2 Å². The van der Waals surface area contributed by atoms with Crippen LogP contribution in [0.4, 0.5) is 13.2 Å². The molecular formula is C19H15F3N2O3S2. The highest BCUT2D eigenvalue weighted by Crippen LogP contribution is 2.46. The molecule has 3 rings (SSSR count). The van der Waals surface area contributed by atoms with Crippen LogP contribution in [-0.2, 0) is 9.53 Å². The number of carbonyl (C=O) groups is 2. The van der Waals surface area contributed by atoms with E-state index in [0.717, 1.165) is 11.3 Å². The summed E-state index contributed by atoms with van der Waals surface area (Å²) in [6, 6.07) is 14.1. The Balaban J connectivity index is 2.05.